The lowest BCUT2D eigenvalue weighted by molar-refractivity contribution is 0.0950. The van der Waals surface area contributed by atoms with Crippen LogP contribution in [0.25, 0.3) is 11.3 Å². The first-order valence-electron chi connectivity index (χ1n) is 8.43. The van der Waals surface area contributed by atoms with Gasteiger partial charge >= 0.3 is 0 Å². The van der Waals surface area contributed by atoms with E-state index in [0.717, 1.165) is 28.6 Å². The second-order valence-electron chi connectivity index (χ2n) is 6.40. The molecule has 1 aromatic heterocycles. The summed E-state index contributed by atoms with van der Waals surface area (Å²) in [4.78, 5) is 16.9. The Morgan fingerprint density at radius 3 is 2.48 bits per heavy atom. The van der Waals surface area contributed by atoms with Crippen LogP contribution in [0.15, 0.2) is 71.8 Å². The van der Waals surface area contributed by atoms with E-state index in [2.05, 4.69) is 10.3 Å². The van der Waals surface area contributed by atoms with Crippen LogP contribution < -0.4 is 5.32 Å². The quantitative estimate of drug-likeness (QED) is 0.736. The number of aryl methyl sites for hydroxylation is 1. The number of hydrogen-bond acceptors (Lipinski definition) is 4. The van der Waals surface area contributed by atoms with Gasteiger partial charge in [-0.2, -0.15) is 0 Å². The first-order valence-corrected chi connectivity index (χ1v) is 10.3. The van der Waals surface area contributed by atoms with Crippen LogP contribution in [0.3, 0.4) is 0 Å². The molecule has 5 nitrogen and oxygen atoms in total. The lowest BCUT2D eigenvalue weighted by Gasteiger charge is -2.08. The Morgan fingerprint density at radius 1 is 1.04 bits per heavy atom. The number of pyridine rings is 1. The molecule has 0 spiro atoms. The van der Waals surface area contributed by atoms with Gasteiger partial charge in [0.25, 0.3) is 5.91 Å². The van der Waals surface area contributed by atoms with E-state index in [0.29, 0.717) is 5.56 Å². The van der Waals surface area contributed by atoms with Crippen molar-refractivity contribution in [1.82, 2.24) is 10.3 Å². The minimum absolute atomic E-state index is 0.235. The van der Waals surface area contributed by atoms with Gasteiger partial charge in [0.05, 0.1) is 16.2 Å². The smallest absolute Gasteiger partial charge is 0.253 e. The molecule has 0 saturated heterocycles. The predicted octanol–water partition coefficient (Wildman–Crippen LogP) is 3.39. The molecule has 0 aliphatic heterocycles. The van der Waals surface area contributed by atoms with Crippen molar-refractivity contribution in [2.24, 2.45) is 0 Å². The molecule has 3 aromatic rings. The summed E-state index contributed by atoms with van der Waals surface area (Å²) in [6.07, 6.45) is 2.70. The highest BCUT2D eigenvalue weighted by Gasteiger charge is 2.10. The molecule has 0 atom stereocenters. The SMILES string of the molecule is Cc1cccc(-c2ccc(C(=O)NCc3cccc(S(C)(=O)=O)c3)cn2)c1. The van der Waals surface area contributed by atoms with Crippen molar-refractivity contribution in [3.63, 3.8) is 0 Å². The predicted molar refractivity (Wildman–Crippen MR) is 105 cm³/mol. The van der Waals surface area contributed by atoms with Gasteiger partial charge in [0.2, 0.25) is 0 Å². The highest BCUT2D eigenvalue weighted by atomic mass is 32.2. The molecular formula is C21H20N2O3S. The van der Waals surface area contributed by atoms with E-state index in [-0.39, 0.29) is 17.3 Å². The first kappa shape index (κ1) is 18.8. The Hall–Kier alpha value is -2.99. The Kier molecular flexibility index (Phi) is 5.37. The largest absolute Gasteiger partial charge is 0.348 e. The summed E-state index contributed by atoms with van der Waals surface area (Å²) in [5, 5.41) is 2.79. The summed E-state index contributed by atoms with van der Waals surface area (Å²) < 4.78 is 23.2. The third-order valence-corrected chi connectivity index (χ3v) is 5.23. The van der Waals surface area contributed by atoms with Crippen molar-refractivity contribution in [1.29, 1.82) is 0 Å². The molecule has 6 heteroatoms. The lowest BCUT2D eigenvalue weighted by atomic mass is 10.1. The molecule has 1 amide bonds. The molecule has 1 heterocycles. The van der Waals surface area contributed by atoms with Crippen LogP contribution in [-0.4, -0.2) is 25.6 Å². The Bertz CT molecular complexity index is 1070. The first-order chi connectivity index (χ1) is 12.8. The third-order valence-electron chi connectivity index (χ3n) is 4.12. The Morgan fingerprint density at radius 2 is 1.81 bits per heavy atom. The maximum absolute atomic E-state index is 12.3. The van der Waals surface area contributed by atoms with E-state index < -0.39 is 9.84 Å². The molecule has 3 rings (SSSR count). The van der Waals surface area contributed by atoms with Crippen molar-refractivity contribution in [2.45, 2.75) is 18.4 Å². The van der Waals surface area contributed by atoms with Crippen molar-refractivity contribution < 1.29 is 13.2 Å². The van der Waals surface area contributed by atoms with Gasteiger partial charge in [-0.05, 0) is 42.8 Å². The molecular weight excluding hydrogens is 360 g/mol. The van der Waals surface area contributed by atoms with Crippen molar-refractivity contribution in [3.05, 3.63) is 83.6 Å². The van der Waals surface area contributed by atoms with Crippen molar-refractivity contribution in [2.75, 3.05) is 6.26 Å². The van der Waals surface area contributed by atoms with Crippen LogP contribution in [0.5, 0.6) is 0 Å². The number of aromatic nitrogens is 1. The molecule has 1 N–H and O–H groups in total. The molecule has 0 bridgehead atoms. The fraction of sp³-hybridized carbons (Fsp3) is 0.143. The zero-order valence-corrected chi connectivity index (χ0v) is 16.0. The van der Waals surface area contributed by atoms with Gasteiger partial charge in [0.1, 0.15) is 0 Å². The van der Waals surface area contributed by atoms with Crippen LogP contribution in [0, 0.1) is 6.92 Å². The second-order valence-corrected chi connectivity index (χ2v) is 8.42. The Labute approximate surface area is 159 Å². The topological polar surface area (TPSA) is 76.1 Å². The summed E-state index contributed by atoms with van der Waals surface area (Å²) in [5.41, 5.74) is 4.12. The molecule has 138 valence electrons. The van der Waals surface area contributed by atoms with E-state index >= 15 is 0 Å². The molecule has 0 unspecified atom stereocenters. The van der Waals surface area contributed by atoms with Crippen LogP contribution in [0.4, 0.5) is 0 Å². The number of sulfone groups is 1. The minimum Gasteiger partial charge on any atom is -0.348 e. The molecule has 0 aliphatic rings. The van der Waals surface area contributed by atoms with Gasteiger partial charge in [-0.15, -0.1) is 0 Å². The summed E-state index contributed by atoms with van der Waals surface area (Å²) in [5.74, 6) is -0.261. The van der Waals surface area contributed by atoms with E-state index in [1.807, 2.05) is 37.3 Å². The maximum Gasteiger partial charge on any atom is 0.253 e. The maximum atomic E-state index is 12.3. The van der Waals surface area contributed by atoms with Gasteiger partial charge in [-0.3, -0.25) is 9.78 Å². The van der Waals surface area contributed by atoms with Crippen molar-refractivity contribution in [3.8, 4) is 11.3 Å². The van der Waals surface area contributed by atoms with Gasteiger partial charge in [0, 0.05) is 24.6 Å². The number of benzene rings is 2. The number of nitrogens with zero attached hydrogens (tertiary/aromatic N) is 1. The van der Waals surface area contributed by atoms with Crippen LogP contribution in [0.2, 0.25) is 0 Å². The molecule has 0 fully saturated rings. The van der Waals surface area contributed by atoms with Gasteiger partial charge in [-0.25, -0.2) is 8.42 Å². The number of carbonyl (C=O) groups excluding carboxylic acids is 1. The standard InChI is InChI=1S/C21H20N2O3S/c1-15-5-3-7-17(11-15)20-10-9-18(14-22-20)21(24)23-13-16-6-4-8-19(12-16)27(2,25)26/h3-12,14H,13H2,1-2H3,(H,23,24). The van der Waals surface area contributed by atoms with Gasteiger partial charge < -0.3 is 5.32 Å². The zero-order chi connectivity index (χ0) is 19.4. The van der Waals surface area contributed by atoms with Crippen LogP contribution in [0.1, 0.15) is 21.5 Å². The summed E-state index contributed by atoms with van der Waals surface area (Å²) in [6, 6.07) is 18.1. The highest BCUT2D eigenvalue weighted by molar-refractivity contribution is 7.90. The monoisotopic (exact) mass is 380 g/mol. The number of nitrogens with one attached hydrogen (secondary N) is 1. The molecule has 0 aliphatic carbocycles. The molecule has 27 heavy (non-hydrogen) atoms. The van der Waals surface area contributed by atoms with E-state index in [1.54, 1.807) is 30.5 Å². The van der Waals surface area contributed by atoms with Gasteiger partial charge in [0.15, 0.2) is 9.84 Å². The summed E-state index contributed by atoms with van der Waals surface area (Å²) >= 11 is 0. The Balaban J connectivity index is 1.68. The molecule has 0 radical (unpaired) electrons. The van der Waals surface area contributed by atoms with Crippen molar-refractivity contribution >= 4 is 15.7 Å². The second kappa shape index (κ2) is 7.72. The average Bonchev–Trinajstić information content (AvgIpc) is 2.66. The normalized spacial score (nSPS) is 11.2. The molecule has 0 saturated carbocycles. The number of amides is 1. The number of rotatable bonds is 5. The third kappa shape index (κ3) is 4.80. The number of hydrogen-bond donors (Lipinski definition) is 1. The van der Waals surface area contributed by atoms with Crippen LogP contribution >= 0.6 is 0 Å². The number of carbonyl (C=O) groups is 1. The molecule has 2 aromatic carbocycles. The van der Waals surface area contributed by atoms with Crippen LogP contribution in [-0.2, 0) is 16.4 Å². The average molecular weight is 380 g/mol. The fourth-order valence-electron chi connectivity index (χ4n) is 2.67. The van der Waals surface area contributed by atoms with E-state index in [1.165, 1.54) is 6.07 Å². The fourth-order valence-corrected chi connectivity index (χ4v) is 3.37. The summed E-state index contributed by atoms with van der Waals surface area (Å²) in [6.45, 7) is 2.26. The van der Waals surface area contributed by atoms with E-state index in [9.17, 15) is 13.2 Å². The lowest BCUT2D eigenvalue weighted by Crippen LogP contribution is -2.23. The minimum atomic E-state index is -3.27. The van der Waals surface area contributed by atoms with E-state index in [4.69, 9.17) is 0 Å². The zero-order valence-electron chi connectivity index (χ0n) is 15.1. The summed E-state index contributed by atoms with van der Waals surface area (Å²) in [7, 11) is -3.27. The van der Waals surface area contributed by atoms with Gasteiger partial charge in [-0.1, -0.05) is 35.9 Å². The highest BCUT2D eigenvalue weighted by Crippen LogP contribution is 2.18.